The molecule has 0 fully saturated rings. The predicted molar refractivity (Wildman–Crippen MR) is 121 cm³/mol. The monoisotopic (exact) mass is 469 g/mol. The van der Waals surface area contributed by atoms with E-state index in [1.54, 1.807) is 59.4 Å². The summed E-state index contributed by atoms with van der Waals surface area (Å²) in [5.74, 6) is -0.281. The van der Waals surface area contributed by atoms with Crippen LogP contribution in [0.2, 0.25) is 0 Å². The number of ether oxygens (including phenoxy) is 2. The first kappa shape index (κ1) is 25.7. The van der Waals surface area contributed by atoms with E-state index in [-0.39, 0.29) is 18.3 Å². The molecule has 1 unspecified atom stereocenters. The summed E-state index contributed by atoms with van der Waals surface area (Å²) in [6, 6.07) is 0. The van der Waals surface area contributed by atoms with Crippen molar-refractivity contribution in [1.82, 2.24) is 24.6 Å². The highest BCUT2D eigenvalue weighted by atomic mass is 31.2. The van der Waals surface area contributed by atoms with Crippen molar-refractivity contribution in [2.75, 3.05) is 12.1 Å². The molecule has 3 N–H and O–H groups in total. The van der Waals surface area contributed by atoms with Crippen LogP contribution in [0, 0.1) is 0 Å². The van der Waals surface area contributed by atoms with Crippen LogP contribution in [0.25, 0.3) is 11.2 Å². The Bertz CT molecular complexity index is 1020. The summed E-state index contributed by atoms with van der Waals surface area (Å²) in [6.45, 7) is 12.1. The van der Waals surface area contributed by atoms with Gasteiger partial charge in [0.25, 0.3) is 0 Å². The van der Waals surface area contributed by atoms with Gasteiger partial charge in [-0.3, -0.25) is 9.36 Å². The highest BCUT2D eigenvalue weighted by molar-refractivity contribution is 7.56. The maximum absolute atomic E-state index is 13.5. The zero-order valence-electron chi connectivity index (χ0n) is 19.5. The normalized spacial score (nSPS) is 14.8. The maximum Gasteiger partial charge on any atom is 0.365 e. The Hall–Kier alpha value is -2.56. The maximum atomic E-state index is 13.5. The summed E-state index contributed by atoms with van der Waals surface area (Å²) in [5.41, 5.74) is 6.14. The fraction of sp³-hybridized carbons (Fsp3) is 0.632. The molecule has 2 aromatic rings. The molecular weight excluding hydrogens is 437 g/mol. The molecule has 178 valence electrons. The number of oxime groups is 1. The largest absolute Gasteiger partial charge is 0.462 e. The average molecular weight is 469 g/mol. The van der Waals surface area contributed by atoms with E-state index in [0.29, 0.717) is 23.4 Å². The van der Waals surface area contributed by atoms with Crippen molar-refractivity contribution in [3.63, 3.8) is 0 Å². The van der Waals surface area contributed by atoms with Gasteiger partial charge in [-0.25, -0.2) is 20.0 Å². The van der Waals surface area contributed by atoms with E-state index in [1.807, 2.05) is 0 Å². The molecule has 0 saturated heterocycles. The Labute approximate surface area is 187 Å². The van der Waals surface area contributed by atoms with E-state index in [2.05, 4.69) is 25.2 Å². The van der Waals surface area contributed by atoms with Gasteiger partial charge >= 0.3 is 13.5 Å². The molecule has 0 saturated carbocycles. The van der Waals surface area contributed by atoms with Gasteiger partial charge in [0.05, 0.1) is 30.8 Å². The predicted octanol–water partition coefficient (Wildman–Crippen LogP) is 2.70. The van der Waals surface area contributed by atoms with Gasteiger partial charge in [-0.05, 0) is 48.5 Å². The second-order valence-electron chi connectivity index (χ2n) is 8.42. The zero-order chi connectivity index (χ0) is 24.1. The molecule has 0 bridgehead atoms. The average Bonchev–Trinajstić information content (AvgIpc) is 3.08. The lowest BCUT2D eigenvalue weighted by Crippen LogP contribution is -2.47. The molecule has 0 amide bonds. The first-order valence-corrected chi connectivity index (χ1v) is 12.0. The smallest absolute Gasteiger partial charge is 0.365 e. The lowest BCUT2D eigenvalue weighted by Gasteiger charge is -2.29. The fourth-order valence-corrected chi connectivity index (χ4v) is 4.49. The third kappa shape index (κ3) is 6.98. The summed E-state index contributed by atoms with van der Waals surface area (Å²) in [6.07, 6.45) is 1.89. The number of nitrogens with zero attached hydrogens (tertiary/aromatic N) is 5. The van der Waals surface area contributed by atoms with Crippen LogP contribution >= 0.6 is 7.52 Å². The molecule has 2 aromatic heterocycles. The Morgan fingerprint density at radius 3 is 2.59 bits per heavy atom. The number of esters is 1. The molecule has 12 nitrogen and oxygen atoms in total. The number of carbonyl (C=O) groups excluding carboxylic acids is 1. The van der Waals surface area contributed by atoms with Gasteiger partial charge in [-0.1, -0.05) is 5.16 Å². The van der Waals surface area contributed by atoms with Gasteiger partial charge in [0.2, 0.25) is 0 Å². The number of aromatic nitrogens is 4. The number of fused-ring (bicyclic) bond motifs is 1. The minimum absolute atomic E-state index is 0.285. The molecule has 0 radical (unpaired) electrons. The van der Waals surface area contributed by atoms with Crippen LogP contribution in [0.15, 0.2) is 17.8 Å². The minimum Gasteiger partial charge on any atom is -0.462 e. The Kier molecular flexibility index (Phi) is 8.33. The van der Waals surface area contributed by atoms with Crippen LogP contribution in [-0.2, 0) is 30.0 Å². The number of carbonyl (C=O) groups is 1. The van der Waals surface area contributed by atoms with Gasteiger partial charge in [0.1, 0.15) is 23.7 Å². The molecule has 2 atom stereocenters. The first-order chi connectivity index (χ1) is 14.8. The van der Waals surface area contributed by atoms with Crippen molar-refractivity contribution in [3.05, 3.63) is 12.7 Å². The first-order valence-electron chi connectivity index (χ1n) is 10.2. The Balaban J connectivity index is 2.11. The third-order valence-corrected chi connectivity index (χ3v) is 5.80. The molecular formula is C19H32N7O5P. The Morgan fingerprint density at radius 2 is 1.97 bits per heavy atom. The summed E-state index contributed by atoms with van der Waals surface area (Å²) in [4.78, 5) is 24.8. The number of imidazole rings is 1. The molecule has 2 rings (SSSR count). The summed E-state index contributed by atoms with van der Waals surface area (Å²) in [7, 11) is -3.72. The van der Waals surface area contributed by atoms with Crippen LogP contribution in [0.3, 0.4) is 0 Å². The molecule has 2 heterocycles. The van der Waals surface area contributed by atoms with E-state index in [0.717, 1.165) is 0 Å². The lowest BCUT2D eigenvalue weighted by molar-refractivity contribution is -0.153. The van der Waals surface area contributed by atoms with E-state index < -0.39 is 25.1 Å². The summed E-state index contributed by atoms with van der Waals surface area (Å²) >= 11 is 0. The van der Waals surface area contributed by atoms with Gasteiger partial charge in [0, 0.05) is 0 Å². The summed E-state index contributed by atoms with van der Waals surface area (Å²) < 4.78 is 31.6. The summed E-state index contributed by atoms with van der Waals surface area (Å²) in [5, 5.41) is 6.57. The van der Waals surface area contributed by atoms with Crippen molar-refractivity contribution >= 4 is 36.2 Å². The van der Waals surface area contributed by atoms with Gasteiger partial charge < -0.3 is 24.4 Å². The fourth-order valence-electron chi connectivity index (χ4n) is 2.64. The second kappa shape index (κ2) is 10.4. The van der Waals surface area contributed by atoms with Crippen molar-refractivity contribution in [2.45, 2.75) is 72.8 Å². The third-order valence-electron chi connectivity index (χ3n) is 4.07. The van der Waals surface area contributed by atoms with Gasteiger partial charge in [-0.2, -0.15) is 0 Å². The standard InChI is InChI=1S/C19H32N7O5P/c1-12(2)24-31-32(28,25-19(6,7)18(27)30-13(3)4)11-29-14(5)8-26-10-23-15-16(20)21-9-22-17(15)26/h9-10,13-14H,8,11H2,1-7H3,(H,25,28)(H2,20,21,22)/t14-,32?/m1/s1. The highest BCUT2D eigenvalue weighted by Gasteiger charge is 2.40. The van der Waals surface area contributed by atoms with Crippen LogP contribution in [0.4, 0.5) is 5.82 Å². The molecule has 0 aliphatic heterocycles. The zero-order valence-corrected chi connectivity index (χ0v) is 20.4. The van der Waals surface area contributed by atoms with E-state index in [4.69, 9.17) is 19.8 Å². The SMILES string of the molecule is CC(C)=NOP(=O)(CO[C@H](C)Cn1cnc2c(N)ncnc21)NC(C)(C)C(=O)OC(C)C. The van der Waals surface area contributed by atoms with Crippen LogP contribution < -0.4 is 10.8 Å². The number of nitrogens with one attached hydrogen (secondary N) is 1. The van der Waals surface area contributed by atoms with Crippen LogP contribution in [0.5, 0.6) is 0 Å². The van der Waals surface area contributed by atoms with Crippen molar-refractivity contribution in [1.29, 1.82) is 0 Å². The van der Waals surface area contributed by atoms with E-state index >= 15 is 0 Å². The quantitative estimate of drug-likeness (QED) is 0.217. The molecule has 0 spiro atoms. The van der Waals surface area contributed by atoms with E-state index in [1.165, 1.54) is 6.33 Å². The molecule has 0 aromatic carbocycles. The van der Waals surface area contributed by atoms with Crippen molar-refractivity contribution < 1.29 is 23.5 Å². The number of anilines is 1. The number of rotatable bonds is 11. The lowest BCUT2D eigenvalue weighted by atomic mass is 10.1. The topological polar surface area (TPSA) is 156 Å². The molecule has 32 heavy (non-hydrogen) atoms. The van der Waals surface area contributed by atoms with Gasteiger partial charge in [0.15, 0.2) is 11.5 Å². The molecule has 13 heteroatoms. The number of hydrogen-bond donors (Lipinski definition) is 2. The Morgan fingerprint density at radius 1 is 1.28 bits per heavy atom. The van der Waals surface area contributed by atoms with Crippen LogP contribution in [0.1, 0.15) is 48.5 Å². The van der Waals surface area contributed by atoms with Gasteiger partial charge in [-0.15, -0.1) is 0 Å². The number of nitrogen functional groups attached to an aromatic ring is 1. The minimum atomic E-state index is -3.72. The molecule has 0 aliphatic rings. The second-order valence-corrected chi connectivity index (χ2v) is 10.4. The van der Waals surface area contributed by atoms with Crippen LogP contribution in [-0.4, -0.2) is 55.3 Å². The van der Waals surface area contributed by atoms with Crippen molar-refractivity contribution in [3.8, 4) is 0 Å². The number of hydrogen-bond acceptors (Lipinski definition) is 10. The van der Waals surface area contributed by atoms with E-state index in [9.17, 15) is 9.36 Å². The molecule has 0 aliphatic carbocycles. The van der Waals surface area contributed by atoms with Crippen molar-refractivity contribution in [2.24, 2.45) is 5.16 Å². The number of nitrogens with two attached hydrogens (primary N) is 1. The highest BCUT2D eigenvalue weighted by Crippen LogP contribution is 2.45.